The van der Waals surface area contributed by atoms with Crippen LogP contribution in [0.2, 0.25) is 0 Å². The average Bonchev–Trinajstić information content (AvgIpc) is 2.14. The van der Waals surface area contributed by atoms with Gasteiger partial charge < -0.3 is 10.2 Å². The molecule has 0 aliphatic heterocycles. The fraction of sp³-hybridized carbons (Fsp3) is 1.00. The highest BCUT2D eigenvalue weighted by Crippen LogP contribution is 1.98. The summed E-state index contributed by atoms with van der Waals surface area (Å²) in [6, 6.07) is 0. The Morgan fingerprint density at radius 3 is 2.13 bits per heavy atom. The Bertz CT molecular complexity index is 132. The molecular formula is C13H30N2. The lowest BCUT2D eigenvalue weighted by Gasteiger charge is -2.22. The first kappa shape index (κ1) is 14.9. The van der Waals surface area contributed by atoms with Crippen molar-refractivity contribution in [2.75, 3.05) is 32.7 Å². The van der Waals surface area contributed by atoms with E-state index in [4.69, 9.17) is 0 Å². The number of rotatable bonds is 9. The minimum Gasteiger partial charge on any atom is -0.315 e. The van der Waals surface area contributed by atoms with E-state index in [-0.39, 0.29) is 0 Å². The molecule has 1 N–H and O–H groups in total. The smallest absolute Gasteiger partial charge is 0.0107 e. The molecular weight excluding hydrogens is 184 g/mol. The van der Waals surface area contributed by atoms with Crippen LogP contribution in [0.4, 0.5) is 0 Å². The Morgan fingerprint density at radius 2 is 1.67 bits per heavy atom. The minimum atomic E-state index is 0.778. The standard InChI is InChI=1S/C13H30N2/c1-6-15(11-13(4)5)10-9-14-8-7-12(2)3/h12-14H,6-11H2,1-5H3. The molecule has 0 unspecified atom stereocenters. The van der Waals surface area contributed by atoms with Crippen molar-refractivity contribution in [1.82, 2.24) is 10.2 Å². The van der Waals surface area contributed by atoms with E-state index in [0.717, 1.165) is 24.9 Å². The lowest BCUT2D eigenvalue weighted by Crippen LogP contribution is -2.34. The van der Waals surface area contributed by atoms with Crippen LogP contribution in [0.1, 0.15) is 41.0 Å². The van der Waals surface area contributed by atoms with Gasteiger partial charge in [0.1, 0.15) is 0 Å². The first-order valence-corrected chi connectivity index (χ1v) is 6.49. The Morgan fingerprint density at radius 1 is 1.00 bits per heavy atom. The van der Waals surface area contributed by atoms with Gasteiger partial charge >= 0.3 is 0 Å². The molecule has 0 aromatic rings. The monoisotopic (exact) mass is 214 g/mol. The first-order valence-electron chi connectivity index (χ1n) is 6.49. The molecule has 0 rings (SSSR count). The van der Waals surface area contributed by atoms with Crippen molar-refractivity contribution < 1.29 is 0 Å². The van der Waals surface area contributed by atoms with Crippen molar-refractivity contribution in [2.45, 2.75) is 41.0 Å². The zero-order valence-electron chi connectivity index (χ0n) is 11.3. The fourth-order valence-corrected chi connectivity index (χ4v) is 1.65. The van der Waals surface area contributed by atoms with Crippen molar-refractivity contribution >= 4 is 0 Å². The molecule has 0 fully saturated rings. The van der Waals surface area contributed by atoms with Crippen LogP contribution in [-0.2, 0) is 0 Å². The van der Waals surface area contributed by atoms with E-state index in [0.29, 0.717) is 0 Å². The van der Waals surface area contributed by atoms with Gasteiger partial charge in [-0.1, -0.05) is 34.6 Å². The first-order chi connectivity index (χ1) is 7.06. The number of hydrogen-bond donors (Lipinski definition) is 1. The van der Waals surface area contributed by atoms with Gasteiger partial charge in [-0.2, -0.15) is 0 Å². The van der Waals surface area contributed by atoms with Gasteiger partial charge in [0.15, 0.2) is 0 Å². The molecule has 0 saturated heterocycles. The van der Waals surface area contributed by atoms with E-state index >= 15 is 0 Å². The van der Waals surface area contributed by atoms with E-state index in [1.54, 1.807) is 0 Å². The second-order valence-corrected chi connectivity index (χ2v) is 5.22. The van der Waals surface area contributed by atoms with Gasteiger partial charge in [0.05, 0.1) is 0 Å². The molecule has 0 aromatic carbocycles. The average molecular weight is 214 g/mol. The van der Waals surface area contributed by atoms with Crippen LogP contribution in [0.5, 0.6) is 0 Å². The molecule has 92 valence electrons. The molecule has 0 aliphatic rings. The maximum Gasteiger partial charge on any atom is 0.0107 e. The quantitative estimate of drug-likeness (QED) is 0.594. The molecule has 0 saturated carbocycles. The third kappa shape index (κ3) is 10.2. The van der Waals surface area contributed by atoms with Gasteiger partial charge in [-0.3, -0.25) is 0 Å². The summed E-state index contributed by atoms with van der Waals surface area (Å²) in [6.45, 7) is 17.3. The Hall–Kier alpha value is -0.0800. The summed E-state index contributed by atoms with van der Waals surface area (Å²) in [5.41, 5.74) is 0. The van der Waals surface area contributed by atoms with Crippen LogP contribution in [0.25, 0.3) is 0 Å². The normalized spacial score (nSPS) is 12.0. The highest BCUT2D eigenvalue weighted by Gasteiger charge is 2.03. The lowest BCUT2D eigenvalue weighted by molar-refractivity contribution is 0.255. The molecule has 0 radical (unpaired) electrons. The molecule has 2 heteroatoms. The Kier molecular flexibility index (Phi) is 9.12. The molecule has 0 atom stereocenters. The molecule has 0 spiro atoms. The van der Waals surface area contributed by atoms with Gasteiger partial charge in [0.25, 0.3) is 0 Å². The Balaban J connectivity index is 3.38. The van der Waals surface area contributed by atoms with E-state index in [1.165, 1.54) is 26.1 Å². The molecule has 0 bridgehead atoms. The topological polar surface area (TPSA) is 15.3 Å². The van der Waals surface area contributed by atoms with E-state index in [1.807, 2.05) is 0 Å². The van der Waals surface area contributed by atoms with Crippen LogP contribution in [0.15, 0.2) is 0 Å². The number of nitrogens with one attached hydrogen (secondary N) is 1. The summed E-state index contributed by atoms with van der Waals surface area (Å²) >= 11 is 0. The van der Waals surface area contributed by atoms with Crippen molar-refractivity contribution in [3.8, 4) is 0 Å². The van der Waals surface area contributed by atoms with Gasteiger partial charge in [0.2, 0.25) is 0 Å². The predicted molar refractivity (Wildman–Crippen MR) is 69.3 cm³/mol. The van der Waals surface area contributed by atoms with Crippen molar-refractivity contribution in [3.05, 3.63) is 0 Å². The van der Waals surface area contributed by atoms with Gasteiger partial charge in [-0.05, 0) is 31.3 Å². The SMILES string of the molecule is CCN(CCNCCC(C)C)CC(C)C. The summed E-state index contributed by atoms with van der Waals surface area (Å²) < 4.78 is 0. The third-order valence-corrected chi connectivity index (χ3v) is 2.57. The zero-order chi connectivity index (χ0) is 11.7. The minimum absolute atomic E-state index is 0.778. The van der Waals surface area contributed by atoms with Crippen LogP contribution in [-0.4, -0.2) is 37.6 Å². The van der Waals surface area contributed by atoms with Crippen molar-refractivity contribution in [2.24, 2.45) is 11.8 Å². The van der Waals surface area contributed by atoms with Crippen molar-refractivity contribution in [1.29, 1.82) is 0 Å². The second kappa shape index (κ2) is 9.17. The van der Waals surface area contributed by atoms with Crippen LogP contribution in [0.3, 0.4) is 0 Å². The van der Waals surface area contributed by atoms with Gasteiger partial charge in [-0.25, -0.2) is 0 Å². The molecule has 15 heavy (non-hydrogen) atoms. The van der Waals surface area contributed by atoms with Crippen LogP contribution < -0.4 is 5.32 Å². The predicted octanol–water partition coefficient (Wildman–Crippen LogP) is 2.60. The molecule has 0 aromatic heterocycles. The highest BCUT2D eigenvalue weighted by molar-refractivity contribution is 4.60. The lowest BCUT2D eigenvalue weighted by atomic mass is 10.1. The molecule has 0 heterocycles. The van der Waals surface area contributed by atoms with E-state index < -0.39 is 0 Å². The van der Waals surface area contributed by atoms with Gasteiger partial charge in [-0.15, -0.1) is 0 Å². The number of hydrogen-bond acceptors (Lipinski definition) is 2. The van der Waals surface area contributed by atoms with E-state index in [2.05, 4.69) is 44.8 Å². The number of likely N-dealkylation sites (N-methyl/N-ethyl adjacent to an activating group) is 1. The zero-order valence-corrected chi connectivity index (χ0v) is 11.3. The largest absolute Gasteiger partial charge is 0.315 e. The van der Waals surface area contributed by atoms with E-state index in [9.17, 15) is 0 Å². The maximum absolute atomic E-state index is 3.51. The molecule has 0 aliphatic carbocycles. The van der Waals surface area contributed by atoms with Crippen molar-refractivity contribution in [3.63, 3.8) is 0 Å². The summed E-state index contributed by atoms with van der Waals surface area (Å²) in [5.74, 6) is 1.59. The summed E-state index contributed by atoms with van der Waals surface area (Å²) in [7, 11) is 0. The Labute approximate surface area is 96.4 Å². The van der Waals surface area contributed by atoms with Crippen LogP contribution in [0, 0.1) is 11.8 Å². The fourth-order valence-electron chi connectivity index (χ4n) is 1.65. The highest BCUT2D eigenvalue weighted by atomic mass is 15.1. The second-order valence-electron chi connectivity index (χ2n) is 5.22. The molecule has 2 nitrogen and oxygen atoms in total. The summed E-state index contributed by atoms with van der Waals surface area (Å²) in [6.07, 6.45) is 1.29. The third-order valence-electron chi connectivity index (χ3n) is 2.57. The van der Waals surface area contributed by atoms with Gasteiger partial charge in [0, 0.05) is 19.6 Å². The summed E-state index contributed by atoms with van der Waals surface area (Å²) in [5, 5.41) is 3.51. The summed E-state index contributed by atoms with van der Waals surface area (Å²) in [4.78, 5) is 2.52. The number of nitrogens with zero attached hydrogens (tertiary/aromatic N) is 1. The molecule has 0 amide bonds. The van der Waals surface area contributed by atoms with Crippen LogP contribution >= 0.6 is 0 Å². The maximum atomic E-state index is 3.51.